The molecule has 0 N–H and O–H groups in total. The topological polar surface area (TPSA) is 66.8 Å². The fraction of sp³-hybridized carbons (Fsp3) is 0.304. The highest BCUT2D eigenvalue weighted by Crippen LogP contribution is 2.39. The van der Waals surface area contributed by atoms with Crippen molar-refractivity contribution in [2.75, 3.05) is 6.79 Å². The third-order valence-electron chi connectivity index (χ3n) is 4.95. The van der Waals surface area contributed by atoms with Gasteiger partial charge < -0.3 is 14.2 Å². The van der Waals surface area contributed by atoms with E-state index in [1.54, 1.807) is 0 Å². The quantitative estimate of drug-likeness (QED) is 0.578. The molecule has 6 heteroatoms. The van der Waals surface area contributed by atoms with Gasteiger partial charge in [-0.2, -0.15) is 0 Å². The molecule has 1 atom stereocenters. The largest absolute Gasteiger partial charge is 0.454 e. The molecule has 0 spiro atoms. The fourth-order valence-corrected chi connectivity index (χ4v) is 3.68. The highest BCUT2D eigenvalue weighted by atomic mass is 16.7. The van der Waals surface area contributed by atoms with Gasteiger partial charge in [0, 0.05) is 22.6 Å². The Morgan fingerprint density at radius 2 is 1.86 bits per heavy atom. The Labute approximate surface area is 169 Å². The van der Waals surface area contributed by atoms with Crippen LogP contribution >= 0.6 is 0 Å². The molecule has 150 valence electrons. The lowest BCUT2D eigenvalue weighted by Crippen LogP contribution is -2.28. The van der Waals surface area contributed by atoms with E-state index in [2.05, 4.69) is 0 Å². The van der Waals surface area contributed by atoms with Crippen molar-refractivity contribution < 1.29 is 23.8 Å². The van der Waals surface area contributed by atoms with Crippen molar-refractivity contribution in [3.8, 4) is 11.5 Å². The lowest BCUT2D eigenvalue weighted by Gasteiger charge is -2.22. The van der Waals surface area contributed by atoms with Crippen LogP contribution in [0.5, 0.6) is 11.5 Å². The number of rotatable bonds is 3. The Hall–Kier alpha value is -3.28. The molecular formula is C23H23NO5. The highest BCUT2D eigenvalue weighted by molar-refractivity contribution is 6.03. The summed E-state index contributed by atoms with van der Waals surface area (Å²) >= 11 is 0. The summed E-state index contributed by atoms with van der Waals surface area (Å²) in [5.41, 5.74) is 1.96. The van der Waals surface area contributed by atoms with Gasteiger partial charge in [-0.1, -0.05) is 31.2 Å². The van der Waals surface area contributed by atoms with Crippen LogP contribution < -0.4 is 9.47 Å². The summed E-state index contributed by atoms with van der Waals surface area (Å²) in [7, 11) is 0. The number of hydrogen-bond donors (Lipinski definition) is 0. The van der Waals surface area contributed by atoms with Gasteiger partial charge in [0.2, 0.25) is 6.79 Å². The number of carbonyl (C=O) groups excluding carboxylic acids is 2. The number of hydrogen-bond acceptors (Lipinski definition) is 5. The summed E-state index contributed by atoms with van der Waals surface area (Å²) in [4.78, 5) is 25.2. The Morgan fingerprint density at radius 3 is 2.59 bits per heavy atom. The van der Waals surface area contributed by atoms with E-state index in [9.17, 15) is 9.59 Å². The Bertz CT molecular complexity index is 1110. The molecule has 0 unspecified atom stereocenters. The van der Waals surface area contributed by atoms with Crippen molar-refractivity contribution >= 4 is 23.3 Å². The van der Waals surface area contributed by atoms with Crippen LogP contribution in [0.25, 0.3) is 10.9 Å². The van der Waals surface area contributed by atoms with Gasteiger partial charge in [-0.15, -0.1) is 0 Å². The molecule has 29 heavy (non-hydrogen) atoms. The molecule has 2 aromatic carbocycles. The molecular weight excluding hydrogens is 370 g/mol. The summed E-state index contributed by atoms with van der Waals surface area (Å²) in [6.07, 6.45) is 0.298. The predicted molar refractivity (Wildman–Crippen MR) is 109 cm³/mol. The van der Waals surface area contributed by atoms with Crippen LogP contribution in [0.15, 0.2) is 42.5 Å². The molecule has 0 radical (unpaired) electrons. The van der Waals surface area contributed by atoms with Gasteiger partial charge in [-0.3, -0.25) is 4.79 Å². The molecule has 1 aromatic heterocycles. The van der Waals surface area contributed by atoms with E-state index in [-0.39, 0.29) is 12.7 Å². The van der Waals surface area contributed by atoms with Crippen molar-refractivity contribution in [2.24, 2.45) is 0 Å². The van der Waals surface area contributed by atoms with Gasteiger partial charge in [0.1, 0.15) is 5.60 Å². The van der Waals surface area contributed by atoms with E-state index in [0.717, 1.165) is 17.2 Å². The number of nitrogens with zero attached hydrogens (tertiary/aromatic N) is 1. The minimum absolute atomic E-state index is 0.185. The number of ether oxygens (including phenoxy) is 3. The zero-order valence-corrected chi connectivity index (χ0v) is 16.9. The standard InChI is InChI=1S/C23H23NO5/c1-14(15-9-10-19-20(11-15)28-13-27-19)21-17(12-25)16-7-5-6-8-18(16)24(21)22(26)29-23(2,3)4/h5-12,14H,13H2,1-4H3/t14-/m1/s1. The van der Waals surface area contributed by atoms with Crippen molar-refractivity contribution in [2.45, 2.75) is 39.2 Å². The minimum atomic E-state index is -0.664. The number of aromatic nitrogens is 1. The predicted octanol–water partition coefficient (Wildman–Crippen LogP) is 5.12. The highest BCUT2D eigenvalue weighted by Gasteiger charge is 2.29. The number of carbonyl (C=O) groups is 2. The zero-order chi connectivity index (χ0) is 20.8. The monoisotopic (exact) mass is 393 g/mol. The molecule has 0 saturated heterocycles. The maximum Gasteiger partial charge on any atom is 0.419 e. The second-order valence-electron chi connectivity index (χ2n) is 8.08. The van der Waals surface area contributed by atoms with Crippen LogP contribution in [-0.2, 0) is 4.74 Å². The summed E-state index contributed by atoms with van der Waals surface area (Å²) in [6.45, 7) is 7.60. The molecule has 0 saturated carbocycles. The zero-order valence-electron chi connectivity index (χ0n) is 16.9. The second kappa shape index (κ2) is 6.95. The molecule has 0 amide bonds. The maximum atomic E-state index is 13.1. The van der Waals surface area contributed by atoms with E-state index < -0.39 is 11.7 Å². The van der Waals surface area contributed by atoms with E-state index in [1.807, 2.05) is 70.2 Å². The van der Waals surface area contributed by atoms with Gasteiger partial charge in [-0.05, 0) is 44.5 Å². The first kappa shape index (κ1) is 19.1. The molecule has 6 nitrogen and oxygen atoms in total. The van der Waals surface area contributed by atoms with E-state index >= 15 is 0 Å². The number of benzene rings is 2. The Morgan fingerprint density at radius 1 is 1.14 bits per heavy atom. The molecule has 0 fully saturated rings. The number of para-hydroxylation sites is 1. The van der Waals surface area contributed by atoms with Crippen molar-refractivity contribution in [1.29, 1.82) is 0 Å². The van der Waals surface area contributed by atoms with Crippen molar-refractivity contribution in [3.63, 3.8) is 0 Å². The van der Waals surface area contributed by atoms with Crippen LogP contribution in [0.2, 0.25) is 0 Å². The Kier molecular flexibility index (Phi) is 4.57. The molecule has 0 bridgehead atoms. The van der Waals surface area contributed by atoms with Crippen LogP contribution in [0, 0.1) is 0 Å². The molecule has 1 aliphatic rings. The van der Waals surface area contributed by atoms with Crippen LogP contribution in [-0.4, -0.2) is 29.3 Å². The van der Waals surface area contributed by atoms with Gasteiger partial charge in [0.15, 0.2) is 17.8 Å². The lowest BCUT2D eigenvalue weighted by molar-refractivity contribution is 0.0539. The van der Waals surface area contributed by atoms with E-state index in [0.29, 0.717) is 28.3 Å². The molecule has 0 aliphatic carbocycles. The summed E-state index contributed by atoms with van der Waals surface area (Å²) < 4.78 is 18.1. The average Bonchev–Trinajstić information content (AvgIpc) is 3.27. The minimum Gasteiger partial charge on any atom is -0.454 e. The fourth-order valence-electron chi connectivity index (χ4n) is 3.68. The lowest BCUT2D eigenvalue weighted by atomic mass is 9.94. The van der Waals surface area contributed by atoms with Gasteiger partial charge in [0.25, 0.3) is 0 Å². The first-order valence-electron chi connectivity index (χ1n) is 9.51. The molecule has 4 rings (SSSR count). The first-order chi connectivity index (χ1) is 13.8. The van der Waals surface area contributed by atoms with Crippen molar-refractivity contribution in [3.05, 3.63) is 59.3 Å². The summed E-state index contributed by atoms with van der Waals surface area (Å²) in [5.74, 6) is 1.08. The summed E-state index contributed by atoms with van der Waals surface area (Å²) in [6, 6.07) is 13.0. The van der Waals surface area contributed by atoms with Crippen LogP contribution in [0.1, 0.15) is 55.2 Å². The Balaban J connectivity index is 1.91. The molecule has 2 heterocycles. The van der Waals surface area contributed by atoms with Gasteiger partial charge >= 0.3 is 6.09 Å². The smallest absolute Gasteiger partial charge is 0.419 e. The van der Waals surface area contributed by atoms with Crippen molar-refractivity contribution in [1.82, 2.24) is 4.57 Å². The molecule has 1 aliphatic heterocycles. The van der Waals surface area contributed by atoms with E-state index in [1.165, 1.54) is 4.57 Å². The first-order valence-corrected chi connectivity index (χ1v) is 9.51. The second-order valence-corrected chi connectivity index (χ2v) is 8.08. The average molecular weight is 393 g/mol. The van der Waals surface area contributed by atoms with Crippen LogP contribution in [0.4, 0.5) is 4.79 Å². The normalized spacial score (nSPS) is 14.1. The van der Waals surface area contributed by atoms with E-state index in [4.69, 9.17) is 14.2 Å². The number of fused-ring (bicyclic) bond motifs is 2. The third-order valence-corrected chi connectivity index (χ3v) is 4.95. The number of aldehydes is 1. The third kappa shape index (κ3) is 3.35. The van der Waals surface area contributed by atoms with Gasteiger partial charge in [0.05, 0.1) is 5.52 Å². The van der Waals surface area contributed by atoms with Gasteiger partial charge in [-0.25, -0.2) is 9.36 Å². The SMILES string of the molecule is C[C@H](c1ccc2c(c1)OCO2)c1c(C=O)c2ccccc2n1C(=O)OC(C)(C)C. The van der Waals surface area contributed by atoms with Crippen LogP contribution in [0.3, 0.4) is 0 Å². The maximum absolute atomic E-state index is 13.1. The summed E-state index contributed by atoms with van der Waals surface area (Å²) in [5, 5.41) is 0.718. The molecule has 3 aromatic rings.